The van der Waals surface area contributed by atoms with Crippen molar-refractivity contribution in [1.82, 2.24) is 4.90 Å². The molecule has 0 fully saturated rings. The fraction of sp³-hybridized carbons (Fsp3) is 0.0847. The predicted molar refractivity (Wildman–Crippen MR) is 262 cm³/mol. The van der Waals surface area contributed by atoms with Crippen molar-refractivity contribution in [3.05, 3.63) is 276 Å². The summed E-state index contributed by atoms with van der Waals surface area (Å²) in [6.45, 7) is -0.0286. The van der Waals surface area contributed by atoms with Gasteiger partial charge < -0.3 is 19.5 Å². The molecule has 0 aliphatic rings. The lowest BCUT2D eigenvalue weighted by molar-refractivity contribution is 0.282. The summed E-state index contributed by atoms with van der Waals surface area (Å²) in [6.07, 6.45) is 0. The van der Waals surface area contributed by atoms with Gasteiger partial charge in [0.25, 0.3) is 0 Å². The Balaban J connectivity index is 1.14. The van der Waals surface area contributed by atoms with E-state index in [9.17, 15) is 5.11 Å². The highest BCUT2D eigenvalue weighted by Gasteiger charge is 2.29. The summed E-state index contributed by atoms with van der Waals surface area (Å²) in [5.74, 6) is 1.69. The number of anilines is 6. The highest BCUT2D eigenvalue weighted by atomic mass is 16.5. The molecule has 64 heavy (non-hydrogen) atoms. The number of rotatable bonds is 15. The molecule has 1 radical (unpaired) electrons. The minimum absolute atomic E-state index is 0.0113. The molecule has 9 aromatic carbocycles. The number of hydrogen-bond donors (Lipinski definition) is 1. The van der Waals surface area contributed by atoms with Crippen LogP contribution in [0.15, 0.2) is 237 Å². The number of methoxy groups -OCH3 is 2. The largest absolute Gasteiger partial charge is 0.497 e. The maximum absolute atomic E-state index is 10.0. The van der Waals surface area contributed by atoms with Crippen LogP contribution in [0.1, 0.15) is 50.8 Å². The molecule has 0 amide bonds. The summed E-state index contributed by atoms with van der Waals surface area (Å²) < 4.78 is 11.3. The van der Waals surface area contributed by atoms with E-state index in [2.05, 4.69) is 210 Å². The second-order valence-electron chi connectivity index (χ2n) is 15.8. The van der Waals surface area contributed by atoms with E-state index in [-0.39, 0.29) is 18.4 Å². The zero-order valence-electron chi connectivity index (χ0n) is 36.0. The molecular weight excluding hydrogens is 785 g/mol. The standard InChI is InChI=1S/C59H50N2O3/c1-63-56-25-13-20-48(40-56)58(44-16-6-3-7-17-44)46-27-31-51(32-28-46)60(52-33-29-47(30-34-52)59(45-18-8-4-9-19-45)49-21-14-26-57(41-49)64-2)53-35-37-54(38-36-53)61(50-22-10-5-11-23-50)55-24-12-15-43(39-55)42-62/h3-41,58-59,62H,42H2,1-2H3/q+1. The molecular formula is C59H50N2O3+. The molecule has 2 unspecified atom stereocenters. The Kier molecular flexibility index (Phi) is 12.7. The SMILES string of the molecule is COc1cccc(C(c2ccccc2)c2ccc([N+](c3ccc(C(c4ccccc4)c4cccc(OC)c4)cc3)c3ccc(N(c4ccccc4)c4cccc(CO)c4)cc3)cc2)c1. The number of para-hydroxylation sites is 1. The second kappa shape index (κ2) is 19.6. The van der Waals surface area contributed by atoms with Gasteiger partial charge in [0.15, 0.2) is 17.1 Å². The van der Waals surface area contributed by atoms with Gasteiger partial charge in [-0.25, -0.2) is 0 Å². The van der Waals surface area contributed by atoms with Crippen LogP contribution in [0.4, 0.5) is 34.1 Å². The van der Waals surface area contributed by atoms with Gasteiger partial charge >= 0.3 is 0 Å². The van der Waals surface area contributed by atoms with Gasteiger partial charge in [-0.05, 0) is 99.6 Å². The third-order valence-corrected chi connectivity index (χ3v) is 11.8. The summed E-state index contributed by atoms with van der Waals surface area (Å²) >= 11 is 0. The lowest BCUT2D eigenvalue weighted by Crippen LogP contribution is -2.14. The van der Waals surface area contributed by atoms with Gasteiger partial charge in [-0.3, -0.25) is 0 Å². The average molecular weight is 835 g/mol. The maximum atomic E-state index is 10.0. The van der Waals surface area contributed by atoms with E-state index in [4.69, 9.17) is 9.47 Å². The first-order valence-corrected chi connectivity index (χ1v) is 21.6. The molecule has 0 spiro atoms. The Labute approximate surface area is 376 Å². The topological polar surface area (TPSA) is 47.8 Å². The predicted octanol–water partition coefficient (Wildman–Crippen LogP) is 14.5. The number of aliphatic hydroxyl groups excluding tert-OH is 1. The first-order chi connectivity index (χ1) is 31.6. The van der Waals surface area contributed by atoms with Gasteiger partial charge in [0, 0.05) is 65.3 Å². The molecule has 5 nitrogen and oxygen atoms in total. The molecule has 0 bridgehead atoms. The molecule has 0 aliphatic heterocycles. The van der Waals surface area contributed by atoms with Crippen molar-refractivity contribution in [3.8, 4) is 11.5 Å². The van der Waals surface area contributed by atoms with Crippen molar-refractivity contribution < 1.29 is 14.6 Å². The monoisotopic (exact) mass is 834 g/mol. The van der Waals surface area contributed by atoms with Crippen molar-refractivity contribution >= 4 is 34.1 Å². The van der Waals surface area contributed by atoms with Crippen molar-refractivity contribution in [2.24, 2.45) is 0 Å². The van der Waals surface area contributed by atoms with E-state index in [0.717, 1.165) is 62.3 Å². The van der Waals surface area contributed by atoms with Crippen LogP contribution in [0, 0.1) is 0 Å². The normalized spacial score (nSPS) is 12.1. The summed E-state index contributed by atoms with van der Waals surface area (Å²) in [7, 11) is 3.43. The van der Waals surface area contributed by atoms with Crippen molar-refractivity contribution in [3.63, 3.8) is 0 Å². The molecule has 0 aliphatic carbocycles. The molecule has 9 aromatic rings. The highest BCUT2D eigenvalue weighted by molar-refractivity contribution is 5.78. The lowest BCUT2D eigenvalue weighted by Gasteiger charge is -2.26. The van der Waals surface area contributed by atoms with E-state index >= 15 is 0 Å². The molecule has 1 N–H and O–H groups in total. The van der Waals surface area contributed by atoms with Gasteiger partial charge in [0.05, 0.1) is 20.8 Å². The molecule has 5 heteroatoms. The van der Waals surface area contributed by atoms with Crippen LogP contribution in [0.3, 0.4) is 0 Å². The Morgan fingerprint density at radius 2 is 0.750 bits per heavy atom. The summed E-state index contributed by atoms with van der Waals surface area (Å²) in [6, 6.07) is 83.1. The van der Waals surface area contributed by atoms with Crippen molar-refractivity contribution in [1.29, 1.82) is 0 Å². The smallest absolute Gasteiger partial charge is 0.192 e. The van der Waals surface area contributed by atoms with Crippen LogP contribution in [-0.4, -0.2) is 19.3 Å². The minimum atomic E-state index is -0.0286. The number of benzene rings is 9. The molecule has 0 saturated carbocycles. The molecule has 2 atom stereocenters. The number of ether oxygens (including phenoxy) is 2. The minimum Gasteiger partial charge on any atom is -0.497 e. The lowest BCUT2D eigenvalue weighted by atomic mass is 9.85. The number of hydrogen-bond acceptors (Lipinski definition) is 5. The molecule has 0 aromatic heterocycles. The number of nitrogens with zero attached hydrogens (tertiary/aromatic N) is 2. The Morgan fingerprint density at radius 3 is 1.20 bits per heavy atom. The Bertz CT molecular complexity index is 2570. The van der Waals surface area contributed by atoms with E-state index < -0.39 is 0 Å². The fourth-order valence-corrected chi connectivity index (χ4v) is 8.74. The summed E-state index contributed by atoms with van der Waals surface area (Å²) in [4.78, 5) is 4.55. The van der Waals surface area contributed by atoms with Gasteiger partial charge in [0.2, 0.25) is 0 Å². The van der Waals surface area contributed by atoms with E-state index in [0.29, 0.717) is 0 Å². The third-order valence-electron chi connectivity index (χ3n) is 11.8. The van der Waals surface area contributed by atoms with Crippen LogP contribution >= 0.6 is 0 Å². The molecule has 0 heterocycles. The second-order valence-corrected chi connectivity index (χ2v) is 15.8. The Morgan fingerprint density at radius 1 is 0.375 bits per heavy atom. The zero-order chi connectivity index (χ0) is 43.7. The van der Waals surface area contributed by atoms with Gasteiger partial charge in [0.1, 0.15) is 11.5 Å². The van der Waals surface area contributed by atoms with E-state index in [1.54, 1.807) is 14.2 Å². The third kappa shape index (κ3) is 9.09. The quantitative estimate of drug-likeness (QED) is 0.0825. The van der Waals surface area contributed by atoms with Crippen molar-refractivity contribution in [2.45, 2.75) is 18.4 Å². The van der Waals surface area contributed by atoms with E-state index in [1.165, 1.54) is 22.3 Å². The molecule has 313 valence electrons. The van der Waals surface area contributed by atoms with E-state index in [1.807, 2.05) is 36.4 Å². The maximum Gasteiger partial charge on any atom is 0.192 e. The van der Waals surface area contributed by atoms with Gasteiger partial charge in [-0.1, -0.05) is 144 Å². The Hall–Kier alpha value is -7.70. The highest BCUT2D eigenvalue weighted by Crippen LogP contribution is 2.42. The van der Waals surface area contributed by atoms with Gasteiger partial charge in [-0.2, -0.15) is 0 Å². The summed E-state index contributed by atoms with van der Waals surface area (Å²) in [5, 5.41) is 10.0. The fourth-order valence-electron chi connectivity index (χ4n) is 8.74. The van der Waals surface area contributed by atoms with Gasteiger partial charge in [-0.15, -0.1) is 0 Å². The van der Waals surface area contributed by atoms with Crippen LogP contribution in [0.5, 0.6) is 11.5 Å². The molecule has 9 rings (SSSR count). The summed E-state index contributed by atoms with van der Waals surface area (Å²) in [5.41, 5.74) is 14.1. The first-order valence-electron chi connectivity index (χ1n) is 21.6. The molecule has 0 saturated heterocycles. The zero-order valence-corrected chi connectivity index (χ0v) is 36.0. The van der Waals surface area contributed by atoms with Crippen LogP contribution in [-0.2, 0) is 6.61 Å². The van der Waals surface area contributed by atoms with Crippen LogP contribution in [0.2, 0.25) is 0 Å². The van der Waals surface area contributed by atoms with Crippen LogP contribution < -0.4 is 19.3 Å². The average Bonchev–Trinajstić information content (AvgIpc) is 3.37. The van der Waals surface area contributed by atoms with Crippen molar-refractivity contribution in [2.75, 3.05) is 19.1 Å². The first kappa shape index (κ1) is 41.6. The van der Waals surface area contributed by atoms with Crippen LogP contribution in [0.25, 0.3) is 0 Å². The number of aliphatic hydroxyl groups is 1.